The molecule has 0 unspecified atom stereocenters. The molecule has 1 aromatic heterocycles. The molecule has 0 spiro atoms. The molecular weight excluding hydrogens is 504 g/mol. The van der Waals surface area contributed by atoms with Crippen molar-refractivity contribution in [3.8, 4) is 5.69 Å². The van der Waals surface area contributed by atoms with Crippen LogP contribution in [0, 0.1) is 13.8 Å². The number of benzene rings is 2. The molecule has 3 aromatic rings. The van der Waals surface area contributed by atoms with Gasteiger partial charge in [0.1, 0.15) is 0 Å². The molecule has 2 heterocycles. The van der Waals surface area contributed by atoms with Crippen molar-refractivity contribution < 1.29 is 22.7 Å². The van der Waals surface area contributed by atoms with Crippen LogP contribution in [-0.4, -0.2) is 55.1 Å². The highest BCUT2D eigenvalue weighted by Crippen LogP contribution is 2.22. The minimum Gasteiger partial charge on any atom is -0.462 e. The van der Waals surface area contributed by atoms with E-state index in [1.54, 1.807) is 37.4 Å². The molecule has 0 radical (unpaired) electrons. The Labute approximate surface area is 223 Å². The van der Waals surface area contributed by atoms with Crippen LogP contribution in [0.5, 0.6) is 0 Å². The molecule has 10 heteroatoms. The molecule has 2 aromatic carbocycles. The first-order valence-corrected chi connectivity index (χ1v) is 14.1. The van der Waals surface area contributed by atoms with Gasteiger partial charge in [0.2, 0.25) is 10.0 Å². The van der Waals surface area contributed by atoms with Crippen LogP contribution in [0.3, 0.4) is 0 Å². The second-order valence-electron chi connectivity index (χ2n) is 9.12. The number of amides is 1. The topological polar surface area (TPSA) is 110 Å². The number of hydrogen-bond acceptors (Lipinski definition) is 6. The molecule has 9 nitrogen and oxygen atoms in total. The quantitative estimate of drug-likeness (QED) is 0.264. The largest absolute Gasteiger partial charge is 0.462 e. The Morgan fingerprint density at radius 3 is 2.39 bits per heavy atom. The average Bonchev–Trinajstić information content (AvgIpc) is 3.21. The summed E-state index contributed by atoms with van der Waals surface area (Å²) in [6.45, 7) is 6.97. The second kappa shape index (κ2) is 11.7. The third kappa shape index (κ3) is 5.87. The predicted octanol–water partition coefficient (Wildman–Crippen LogP) is 4.21. The van der Waals surface area contributed by atoms with E-state index in [9.17, 15) is 18.0 Å². The maximum atomic E-state index is 13.0. The van der Waals surface area contributed by atoms with Crippen LogP contribution in [0.1, 0.15) is 63.9 Å². The Morgan fingerprint density at radius 2 is 1.71 bits per heavy atom. The van der Waals surface area contributed by atoms with Crippen LogP contribution in [0.25, 0.3) is 5.69 Å². The van der Waals surface area contributed by atoms with Crippen molar-refractivity contribution in [1.29, 1.82) is 0 Å². The van der Waals surface area contributed by atoms with Gasteiger partial charge in [-0.3, -0.25) is 4.79 Å². The summed E-state index contributed by atoms with van der Waals surface area (Å²) in [5.74, 6) is -0.862. The Kier molecular flexibility index (Phi) is 8.43. The number of rotatable bonds is 8. The lowest BCUT2D eigenvalue weighted by Gasteiger charge is -2.25. The number of esters is 1. The second-order valence-corrected chi connectivity index (χ2v) is 11.1. The lowest BCUT2D eigenvalue weighted by atomic mass is 10.2. The number of aryl methyl sites for hydroxylation is 1. The molecule has 0 atom stereocenters. The zero-order chi connectivity index (χ0) is 27.3. The first-order valence-electron chi connectivity index (χ1n) is 12.6. The summed E-state index contributed by atoms with van der Waals surface area (Å²) in [5.41, 5.74) is 6.73. The summed E-state index contributed by atoms with van der Waals surface area (Å²) in [6, 6.07) is 15.1. The molecule has 0 saturated carbocycles. The number of carbonyl (C=O) groups excluding carboxylic acids is 2. The molecule has 1 amide bonds. The molecule has 1 saturated heterocycles. The van der Waals surface area contributed by atoms with Gasteiger partial charge in [0.25, 0.3) is 5.91 Å². The average molecular weight is 537 g/mol. The smallest absolute Gasteiger partial charge is 0.338 e. The van der Waals surface area contributed by atoms with Gasteiger partial charge in [-0.15, -0.1) is 0 Å². The van der Waals surface area contributed by atoms with E-state index in [0.29, 0.717) is 25.3 Å². The van der Waals surface area contributed by atoms with E-state index in [1.165, 1.54) is 16.4 Å². The van der Waals surface area contributed by atoms with Crippen molar-refractivity contribution in [2.75, 3.05) is 19.7 Å². The van der Waals surface area contributed by atoms with Crippen LogP contribution in [0.4, 0.5) is 0 Å². The zero-order valence-electron chi connectivity index (χ0n) is 21.8. The van der Waals surface area contributed by atoms with Gasteiger partial charge in [-0.1, -0.05) is 12.5 Å². The van der Waals surface area contributed by atoms with Crippen LogP contribution >= 0.6 is 0 Å². The molecule has 0 aliphatic carbocycles. The molecule has 1 N–H and O–H groups in total. The van der Waals surface area contributed by atoms with Gasteiger partial charge in [-0.05, 0) is 82.1 Å². The predicted molar refractivity (Wildman–Crippen MR) is 145 cm³/mol. The highest BCUT2D eigenvalue weighted by molar-refractivity contribution is 7.89. The van der Waals surface area contributed by atoms with Gasteiger partial charge < -0.3 is 9.30 Å². The Morgan fingerprint density at radius 1 is 1.00 bits per heavy atom. The van der Waals surface area contributed by atoms with E-state index in [4.69, 9.17) is 4.74 Å². The molecule has 4 rings (SSSR count). The van der Waals surface area contributed by atoms with Gasteiger partial charge in [0.05, 0.1) is 23.3 Å². The highest BCUT2D eigenvalue weighted by Gasteiger charge is 2.26. The van der Waals surface area contributed by atoms with Gasteiger partial charge in [-0.2, -0.15) is 9.41 Å². The number of piperidine rings is 1. The zero-order valence-corrected chi connectivity index (χ0v) is 22.6. The standard InChI is InChI=1S/C28H32N4O5S/c1-4-37-28(34)22-11-13-25(14-12-22)32-20(2)17-24(21(32)3)19-29-30-27(33)23-9-8-10-26(18-23)38(35,36)31-15-6-5-7-16-31/h8-14,17-19H,4-7,15-16H2,1-3H3,(H,30,33). The van der Waals surface area contributed by atoms with Crippen LogP contribution in [0.2, 0.25) is 0 Å². The minimum absolute atomic E-state index is 0.105. The van der Waals surface area contributed by atoms with Gasteiger partial charge in [0, 0.05) is 41.3 Å². The summed E-state index contributed by atoms with van der Waals surface area (Å²) < 4.78 is 34.5. The highest BCUT2D eigenvalue weighted by atomic mass is 32.2. The van der Waals surface area contributed by atoms with E-state index in [1.807, 2.05) is 36.6 Å². The molecular formula is C28H32N4O5S. The van der Waals surface area contributed by atoms with Crippen molar-refractivity contribution in [3.05, 3.63) is 82.7 Å². The fraction of sp³-hybridized carbons (Fsp3) is 0.321. The monoisotopic (exact) mass is 536 g/mol. The third-order valence-electron chi connectivity index (χ3n) is 6.53. The van der Waals surface area contributed by atoms with Gasteiger partial charge >= 0.3 is 5.97 Å². The summed E-state index contributed by atoms with van der Waals surface area (Å²) in [6.07, 6.45) is 4.26. The van der Waals surface area contributed by atoms with Crippen LogP contribution < -0.4 is 5.43 Å². The number of nitrogens with zero attached hydrogens (tertiary/aromatic N) is 3. The summed E-state index contributed by atoms with van der Waals surface area (Å²) in [7, 11) is -3.64. The third-order valence-corrected chi connectivity index (χ3v) is 8.42. The Balaban J connectivity index is 1.46. The van der Waals surface area contributed by atoms with E-state index < -0.39 is 15.9 Å². The maximum Gasteiger partial charge on any atom is 0.338 e. The van der Waals surface area contributed by atoms with Crippen molar-refractivity contribution >= 4 is 28.1 Å². The van der Waals surface area contributed by atoms with E-state index in [2.05, 4.69) is 10.5 Å². The molecule has 200 valence electrons. The SMILES string of the molecule is CCOC(=O)c1ccc(-n2c(C)cc(C=NNC(=O)c3cccc(S(=O)(=O)N4CCCCC4)c3)c2C)cc1. The lowest BCUT2D eigenvalue weighted by molar-refractivity contribution is 0.0526. The Hall–Kier alpha value is -3.76. The Bertz CT molecular complexity index is 1450. The summed E-state index contributed by atoms with van der Waals surface area (Å²) in [4.78, 5) is 24.8. The fourth-order valence-electron chi connectivity index (χ4n) is 4.55. The fourth-order valence-corrected chi connectivity index (χ4v) is 6.12. The lowest BCUT2D eigenvalue weighted by Crippen LogP contribution is -2.35. The van der Waals surface area contributed by atoms with E-state index >= 15 is 0 Å². The van der Waals surface area contributed by atoms with Gasteiger partial charge in [-0.25, -0.2) is 18.6 Å². The maximum absolute atomic E-state index is 13.0. The summed E-state index contributed by atoms with van der Waals surface area (Å²) in [5, 5.41) is 4.11. The molecule has 1 aliphatic heterocycles. The van der Waals surface area contributed by atoms with Crippen LogP contribution in [0.15, 0.2) is 64.6 Å². The van der Waals surface area contributed by atoms with Crippen molar-refractivity contribution in [3.63, 3.8) is 0 Å². The van der Waals surface area contributed by atoms with E-state index in [0.717, 1.165) is 41.9 Å². The molecule has 0 bridgehead atoms. The first-order chi connectivity index (χ1) is 18.2. The van der Waals surface area contributed by atoms with E-state index in [-0.39, 0.29) is 16.4 Å². The summed E-state index contributed by atoms with van der Waals surface area (Å²) >= 11 is 0. The number of nitrogens with one attached hydrogen (secondary N) is 1. The minimum atomic E-state index is -3.64. The number of ether oxygens (including phenoxy) is 1. The number of hydrogen-bond donors (Lipinski definition) is 1. The van der Waals surface area contributed by atoms with Crippen molar-refractivity contribution in [2.45, 2.75) is 44.9 Å². The van der Waals surface area contributed by atoms with Gasteiger partial charge in [0.15, 0.2) is 0 Å². The number of hydrazone groups is 1. The molecule has 1 aliphatic rings. The van der Waals surface area contributed by atoms with Crippen molar-refractivity contribution in [1.82, 2.24) is 14.3 Å². The molecule has 38 heavy (non-hydrogen) atoms. The normalized spacial score (nSPS) is 14.5. The first kappa shape index (κ1) is 27.3. The van der Waals surface area contributed by atoms with Crippen LogP contribution in [-0.2, 0) is 14.8 Å². The molecule has 1 fully saturated rings. The van der Waals surface area contributed by atoms with Crippen molar-refractivity contribution in [2.24, 2.45) is 5.10 Å². The number of carbonyl (C=O) groups is 2. The number of sulfonamides is 1. The number of aromatic nitrogens is 1.